The van der Waals surface area contributed by atoms with E-state index in [9.17, 15) is 4.39 Å². The SMILES string of the molecule is C=C(/C=C(/NCCCCNC)n1ncc(F)c1C)c1ccccc1C. The van der Waals surface area contributed by atoms with Crippen molar-refractivity contribution in [2.24, 2.45) is 0 Å². The molecule has 1 heterocycles. The summed E-state index contributed by atoms with van der Waals surface area (Å²) < 4.78 is 15.3. The van der Waals surface area contributed by atoms with Gasteiger partial charge in [-0.3, -0.25) is 0 Å². The smallest absolute Gasteiger partial charge is 0.164 e. The number of aromatic nitrogens is 2. The van der Waals surface area contributed by atoms with E-state index in [1.807, 2.05) is 31.3 Å². The molecule has 0 fully saturated rings. The molecule has 0 saturated heterocycles. The molecule has 2 aromatic rings. The lowest BCUT2D eigenvalue weighted by atomic mass is 10.0. The Bertz CT molecular complexity index is 746. The Balaban J connectivity index is 2.23. The number of aryl methyl sites for hydroxylation is 1. The number of benzene rings is 1. The second-order valence-corrected chi connectivity index (χ2v) is 6.10. The van der Waals surface area contributed by atoms with Crippen LogP contribution in [-0.4, -0.2) is 29.9 Å². The Labute approximate surface area is 149 Å². The van der Waals surface area contributed by atoms with Crippen LogP contribution >= 0.6 is 0 Å². The number of nitrogens with zero attached hydrogens (tertiary/aromatic N) is 2. The first-order chi connectivity index (χ1) is 12.0. The highest BCUT2D eigenvalue weighted by atomic mass is 19.1. The predicted molar refractivity (Wildman–Crippen MR) is 103 cm³/mol. The third-order valence-electron chi connectivity index (χ3n) is 4.14. The minimum Gasteiger partial charge on any atom is -0.370 e. The molecular weight excluding hydrogens is 315 g/mol. The molecule has 0 unspecified atom stereocenters. The van der Waals surface area contributed by atoms with Crippen LogP contribution in [0, 0.1) is 19.7 Å². The first-order valence-corrected chi connectivity index (χ1v) is 8.60. The van der Waals surface area contributed by atoms with Crippen molar-refractivity contribution in [3.05, 3.63) is 65.8 Å². The highest BCUT2D eigenvalue weighted by molar-refractivity contribution is 5.79. The quantitative estimate of drug-likeness (QED) is 0.539. The van der Waals surface area contributed by atoms with E-state index >= 15 is 0 Å². The molecule has 0 bridgehead atoms. The number of halogens is 1. The molecule has 1 aromatic heterocycles. The number of hydrogen-bond acceptors (Lipinski definition) is 3. The molecule has 4 nitrogen and oxygen atoms in total. The summed E-state index contributed by atoms with van der Waals surface area (Å²) in [5, 5.41) is 10.7. The maximum absolute atomic E-state index is 13.7. The first kappa shape index (κ1) is 18.9. The predicted octanol–water partition coefficient (Wildman–Crippen LogP) is 3.74. The van der Waals surface area contributed by atoms with Gasteiger partial charge in [-0.15, -0.1) is 0 Å². The fourth-order valence-corrected chi connectivity index (χ4v) is 2.64. The summed E-state index contributed by atoms with van der Waals surface area (Å²) in [6.07, 6.45) is 5.25. The van der Waals surface area contributed by atoms with E-state index in [1.165, 1.54) is 6.20 Å². The Hall–Kier alpha value is -2.40. The van der Waals surface area contributed by atoms with Crippen molar-refractivity contribution in [1.29, 1.82) is 0 Å². The fraction of sp³-hybridized carbons (Fsp3) is 0.350. The largest absolute Gasteiger partial charge is 0.370 e. The first-order valence-electron chi connectivity index (χ1n) is 8.60. The van der Waals surface area contributed by atoms with Gasteiger partial charge in [0.2, 0.25) is 0 Å². The minimum absolute atomic E-state index is 0.315. The molecular formula is C20H27FN4. The standard InChI is InChI=1S/C20H27FN4/c1-15-9-5-6-10-18(15)16(2)13-20(23-12-8-7-11-22-4)25-17(3)19(21)14-24-25/h5-6,9-10,13-14,22-23H,2,7-8,11-12H2,1,3-4H3/b20-13-. The van der Waals surface area contributed by atoms with Crippen LogP contribution < -0.4 is 10.6 Å². The van der Waals surface area contributed by atoms with Crippen LogP contribution in [0.25, 0.3) is 11.4 Å². The van der Waals surface area contributed by atoms with Gasteiger partial charge in [-0.1, -0.05) is 30.8 Å². The molecule has 0 aliphatic rings. The summed E-state index contributed by atoms with van der Waals surface area (Å²) in [4.78, 5) is 0. The van der Waals surface area contributed by atoms with Crippen molar-refractivity contribution < 1.29 is 4.39 Å². The summed E-state index contributed by atoms with van der Waals surface area (Å²) in [5.74, 6) is 0.420. The van der Waals surface area contributed by atoms with Crippen molar-refractivity contribution in [1.82, 2.24) is 20.4 Å². The van der Waals surface area contributed by atoms with E-state index in [-0.39, 0.29) is 5.82 Å². The number of hydrogen-bond donors (Lipinski definition) is 2. The van der Waals surface area contributed by atoms with Crippen LogP contribution in [0.1, 0.15) is 29.7 Å². The Morgan fingerprint density at radius 1 is 1.24 bits per heavy atom. The summed E-state index contributed by atoms with van der Waals surface area (Å²) in [7, 11) is 1.95. The third kappa shape index (κ3) is 5.03. The normalized spacial score (nSPS) is 11.6. The van der Waals surface area contributed by atoms with E-state index < -0.39 is 0 Å². The zero-order chi connectivity index (χ0) is 18.2. The van der Waals surface area contributed by atoms with E-state index in [2.05, 4.69) is 35.3 Å². The monoisotopic (exact) mass is 342 g/mol. The van der Waals surface area contributed by atoms with Gasteiger partial charge in [-0.2, -0.15) is 5.10 Å². The fourth-order valence-electron chi connectivity index (χ4n) is 2.64. The molecule has 25 heavy (non-hydrogen) atoms. The molecule has 5 heteroatoms. The van der Waals surface area contributed by atoms with E-state index in [0.29, 0.717) is 5.69 Å². The van der Waals surface area contributed by atoms with Crippen LogP contribution in [0.3, 0.4) is 0 Å². The summed E-state index contributed by atoms with van der Waals surface area (Å²) >= 11 is 0. The zero-order valence-electron chi connectivity index (χ0n) is 15.3. The van der Waals surface area contributed by atoms with Crippen LogP contribution in [0.2, 0.25) is 0 Å². The molecule has 0 amide bonds. The van der Waals surface area contributed by atoms with Crippen LogP contribution in [0.15, 0.2) is 43.1 Å². The van der Waals surface area contributed by atoms with Crippen LogP contribution in [0.4, 0.5) is 4.39 Å². The van der Waals surface area contributed by atoms with Crippen molar-refractivity contribution >= 4 is 11.4 Å². The van der Waals surface area contributed by atoms with Gasteiger partial charge in [0.15, 0.2) is 5.82 Å². The number of unbranched alkanes of at least 4 members (excludes halogenated alkanes) is 1. The Kier molecular flexibility index (Phi) is 6.95. The Morgan fingerprint density at radius 3 is 2.60 bits per heavy atom. The van der Waals surface area contributed by atoms with E-state index in [4.69, 9.17) is 0 Å². The molecule has 0 saturated carbocycles. The lowest BCUT2D eigenvalue weighted by molar-refractivity contribution is 0.612. The Morgan fingerprint density at radius 2 is 1.96 bits per heavy atom. The van der Waals surface area contributed by atoms with Crippen LogP contribution in [0.5, 0.6) is 0 Å². The van der Waals surface area contributed by atoms with Gasteiger partial charge in [0, 0.05) is 6.54 Å². The molecule has 0 spiro atoms. The molecule has 0 radical (unpaired) electrons. The van der Waals surface area contributed by atoms with Crippen LogP contribution in [-0.2, 0) is 0 Å². The zero-order valence-corrected chi connectivity index (χ0v) is 15.3. The highest BCUT2D eigenvalue weighted by Crippen LogP contribution is 2.21. The van der Waals surface area contributed by atoms with Gasteiger partial charge in [0.05, 0.1) is 11.9 Å². The van der Waals surface area contributed by atoms with E-state index in [1.54, 1.807) is 11.6 Å². The molecule has 0 aliphatic carbocycles. The van der Waals surface area contributed by atoms with Crippen molar-refractivity contribution in [3.8, 4) is 0 Å². The number of rotatable bonds is 9. The summed E-state index contributed by atoms with van der Waals surface area (Å²) in [6.45, 7) is 9.72. The lowest BCUT2D eigenvalue weighted by Gasteiger charge is -2.14. The molecule has 0 atom stereocenters. The summed E-state index contributed by atoms with van der Waals surface area (Å²) in [6, 6.07) is 8.09. The highest BCUT2D eigenvalue weighted by Gasteiger charge is 2.11. The second kappa shape index (κ2) is 9.18. The van der Waals surface area contributed by atoms with Crippen molar-refractivity contribution in [2.45, 2.75) is 26.7 Å². The van der Waals surface area contributed by atoms with Gasteiger partial charge >= 0.3 is 0 Å². The van der Waals surface area contributed by atoms with Gasteiger partial charge in [0.25, 0.3) is 0 Å². The average Bonchev–Trinajstić information content (AvgIpc) is 2.93. The maximum atomic E-state index is 13.7. The molecule has 0 aliphatic heterocycles. The van der Waals surface area contributed by atoms with E-state index in [0.717, 1.165) is 48.5 Å². The topological polar surface area (TPSA) is 41.9 Å². The molecule has 1 aromatic carbocycles. The minimum atomic E-state index is -0.315. The maximum Gasteiger partial charge on any atom is 0.164 e. The van der Waals surface area contributed by atoms with Gasteiger partial charge in [-0.05, 0) is 63.1 Å². The van der Waals surface area contributed by atoms with Gasteiger partial charge in [0.1, 0.15) is 5.82 Å². The lowest BCUT2D eigenvalue weighted by Crippen LogP contribution is -2.21. The molecule has 2 rings (SSSR count). The van der Waals surface area contributed by atoms with Crippen molar-refractivity contribution in [3.63, 3.8) is 0 Å². The second-order valence-electron chi connectivity index (χ2n) is 6.10. The number of allylic oxidation sites excluding steroid dienone is 2. The van der Waals surface area contributed by atoms with Crippen molar-refractivity contribution in [2.75, 3.05) is 20.1 Å². The number of nitrogens with one attached hydrogen (secondary N) is 2. The average molecular weight is 342 g/mol. The molecule has 2 N–H and O–H groups in total. The van der Waals surface area contributed by atoms with Gasteiger partial charge < -0.3 is 10.6 Å². The molecule has 134 valence electrons. The third-order valence-corrected chi connectivity index (χ3v) is 4.14. The van der Waals surface area contributed by atoms with Gasteiger partial charge in [-0.25, -0.2) is 9.07 Å². The summed E-state index contributed by atoms with van der Waals surface area (Å²) in [5.41, 5.74) is 3.57.